The number of amides is 2. The summed E-state index contributed by atoms with van der Waals surface area (Å²) in [7, 11) is 0. The quantitative estimate of drug-likeness (QED) is 0.709. The first-order valence-electron chi connectivity index (χ1n) is 9.35. The van der Waals surface area contributed by atoms with Crippen LogP contribution in [-0.2, 0) is 0 Å². The zero-order chi connectivity index (χ0) is 20.1. The second-order valence-electron chi connectivity index (χ2n) is 6.46. The van der Waals surface area contributed by atoms with Crippen LogP contribution in [-0.4, -0.2) is 39.6 Å². The van der Waals surface area contributed by atoms with Gasteiger partial charge in [0.15, 0.2) is 0 Å². The van der Waals surface area contributed by atoms with Gasteiger partial charge in [0.05, 0.1) is 11.9 Å². The van der Waals surface area contributed by atoms with E-state index in [0.29, 0.717) is 30.0 Å². The number of rotatable bonds is 6. The molecule has 2 amide bonds. The van der Waals surface area contributed by atoms with Crippen molar-refractivity contribution in [3.8, 4) is 5.69 Å². The summed E-state index contributed by atoms with van der Waals surface area (Å²) in [5.74, 6) is -0.0729. The van der Waals surface area contributed by atoms with Gasteiger partial charge in [-0.15, -0.1) is 0 Å². The van der Waals surface area contributed by atoms with Crippen molar-refractivity contribution in [1.29, 1.82) is 0 Å². The molecule has 0 atom stereocenters. The van der Waals surface area contributed by atoms with Crippen molar-refractivity contribution < 1.29 is 9.59 Å². The van der Waals surface area contributed by atoms with Gasteiger partial charge in [-0.3, -0.25) is 9.59 Å². The number of para-hydroxylation sites is 1. The van der Waals surface area contributed by atoms with Gasteiger partial charge in [0, 0.05) is 18.7 Å². The van der Waals surface area contributed by atoms with Gasteiger partial charge in [0.25, 0.3) is 11.8 Å². The number of anilines is 1. The number of hydrogen-bond acceptors (Lipinski definition) is 3. The maximum atomic E-state index is 13.0. The fourth-order valence-corrected chi connectivity index (χ4v) is 3.04. The van der Waals surface area contributed by atoms with Gasteiger partial charge >= 0.3 is 0 Å². The Kier molecular flexibility index (Phi) is 5.89. The van der Waals surface area contributed by atoms with Crippen LogP contribution in [0.1, 0.15) is 40.1 Å². The Morgan fingerprint density at radius 2 is 1.75 bits per heavy atom. The Morgan fingerprint density at radius 3 is 2.39 bits per heavy atom. The first-order chi connectivity index (χ1) is 13.5. The van der Waals surface area contributed by atoms with Crippen molar-refractivity contribution in [3.05, 3.63) is 77.5 Å². The standard InChI is InChI=1S/C22H24N4O2/c1-4-25(5-2)22(28)19-15-23-26(18-12-7-6-8-13-18)20(19)24-21(27)17-11-9-10-16(3)14-17/h6-15H,4-5H2,1-3H3,(H,24,27). The molecule has 0 fully saturated rings. The highest BCUT2D eigenvalue weighted by molar-refractivity contribution is 6.08. The molecule has 0 spiro atoms. The van der Waals surface area contributed by atoms with Gasteiger partial charge in [-0.1, -0.05) is 35.9 Å². The normalized spacial score (nSPS) is 10.5. The van der Waals surface area contributed by atoms with Crippen LogP contribution < -0.4 is 5.32 Å². The first kappa shape index (κ1) is 19.4. The van der Waals surface area contributed by atoms with Crippen LogP contribution in [0, 0.1) is 6.92 Å². The van der Waals surface area contributed by atoms with E-state index in [9.17, 15) is 9.59 Å². The molecule has 1 N–H and O–H groups in total. The van der Waals surface area contributed by atoms with E-state index in [-0.39, 0.29) is 11.8 Å². The van der Waals surface area contributed by atoms with Crippen molar-refractivity contribution in [2.24, 2.45) is 0 Å². The Balaban J connectivity index is 2.04. The van der Waals surface area contributed by atoms with Crippen LogP contribution >= 0.6 is 0 Å². The van der Waals surface area contributed by atoms with E-state index in [4.69, 9.17) is 0 Å². The van der Waals surface area contributed by atoms with Gasteiger partial charge in [-0.25, -0.2) is 4.68 Å². The smallest absolute Gasteiger partial charge is 0.259 e. The predicted octanol–water partition coefficient (Wildman–Crippen LogP) is 3.92. The summed E-state index contributed by atoms with van der Waals surface area (Å²) >= 11 is 0. The van der Waals surface area contributed by atoms with E-state index in [1.54, 1.807) is 15.6 Å². The lowest BCUT2D eigenvalue weighted by Crippen LogP contribution is -2.31. The lowest BCUT2D eigenvalue weighted by molar-refractivity contribution is 0.0774. The third-order valence-corrected chi connectivity index (χ3v) is 4.56. The molecule has 0 saturated heterocycles. The molecule has 6 nitrogen and oxygen atoms in total. The number of carbonyl (C=O) groups excluding carboxylic acids is 2. The summed E-state index contributed by atoms with van der Waals surface area (Å²) in [5, 5.41) is 7.28. The summed E-state index contributed by atoms with van der Waals surface area (Å²) in [5.41, 5.74) is 2.65. The highest BCUT2D eigenvalue weighted by atomic mass is 16.2. The highest BCUT2D eigenvalue weighted by Crippen LogP contribution is 2.23. The fourth-order valence-electron chi connectivity index (χ4n) is 3.04. The van der Waals surface area contributed by atoms with E-state index in [2.05, 4.69) is 10.4 Å². The van der Waals surface area contributed by atoms with Crippen molar-refractivity contribution in [2.45, 2.75) is 20.8 Å². The third-order valence-electron chi connectivity index (χ3n) is 4.56. The van der Waals surface area contributed by atoms with Gasteiger partial charge in [0.2, 0.25) is 0 Å². The minimum Gasteiger partial charge on any atom is -0.339 e. The second kappa shape index (κ2) is 8.52. The maximum Gasteiger partial charge on any atom is 0.259 e. The number of nitrogens with zero attached hydrogens (tertiary/aromatic N) is 3. The van der Waals surface area contributed by atoms with Gasteiger partial charge in [0.1, 0.15) is 11.4 Å². The van der Waals surface area contributed by atoms with Crippen LogP contribution in [0.3, 0.4) is 0 Å². The molecule has 0 aliphatic carbocycles. The molecule has 2 aromatic carbocycles. The predicted molar refractivity (Wildman–Crippen MR) is 110 cm³/mol. The molecule has 28 heavy (non-hydrogen) atoms. The first-order valence-corrected chi connectivity index (χ1v) is 9.35. The van der Waals surface area contributed by atoms with Crippen molar-refractivity contribution in [2.75, 3.05) is 18.4 Å². The van der Waals surface area contributed by atoms with Crippen LogP contribution in [0.5, 0.6) is 0 Å². The van der Waals surface area contributed by atoms with Gasteiger partial charge in [-0.2, -0.15) is 5.10 Å². The number of benzene rings is 2. The SMILES string of the molecule is CCN(CC)C(=O)c1cnn(-c2ccccc2)c1NC(=O)c1cccc(C)c1. The molecule has 0 saturated carbocycles. The van der Waals surface area contributed by atoms with E-state index >= 15 is 0 Å². The van der Waals surface area contributed by atoms with E-state index in [1.165, 1.54) is 6.20 Å². The highest BCUT2D eigenvalue weighted by Gasteiger charge is 2.23. The maximum absolute atomic E-state index is 13.0. The molecule has 3 rings (SSSR count). The lowest BCUT2D eigenvalue weighted by Gasteiger charge is -2.19. The lowest BCUT2D eigenvalue weighted by atomic mass is 10.1. The zero-order valence-electron chi connectivity index (χ0n) is 16.3. The number of hydrogen-bond donors (Lipinski definition) is 1. The average Bonchev–Trinajstić information content (AvgIpc) is 3.13. The van der Waals surface area contributed by atoms with E-state index in [1.807, 2.05) is 69.3 Å². The van der Waals surface area contributed by atoms with Crippen LogP contribution in [0.15, 0.2) is 60.8 Å². The van der Waals surface area contributed by atoms with Gasteiger partial charge in [-0.05, 0) is 45.0 Å². The molecule has 6 heteroatoms. The number of aromatic nitrogens is 2. The zero-order valence-corrected chi connectivity index (χ0v) is 16.3. The average molecular weight is 376 g/mol. The Bertz CT molecular complexity index is 975. The second-order valence-corrected chi connectivity index (χ2v) is 6.46. The van der Waals surface area contributed by atoms with Crippen molar-refractivity contribution >= 4 is 17.6 Å². The number of carbonyl (C=O) groups is 2. The Labute approximate surface area is 164 Å². The summed E-state index contributed by atoms with van der Waals surface area (Å²) < 4.78 is 1.59. The Hall–Kier alpha value is -3.41. The summed E-state index contributed by atoms with van der Waals surface area (Å²) in [6.07, 6.45) is 1.51. The van der Waals surface area contributed by atoms with E-state index < -0.39 is 0 Å². The summed E-state index contributed by atoms with van der Waals surface area (Å²) in [4.78, 5) is 27.5. The molecule has 1 aromatic heterocycles. The number of nitrogens with one attached hydrogen (secondary N) is 1. The molecule has 0 aliphatic heterocycles. The molecule has 0 radical (unpaired) electrons. The number of aryl methyl sites for hydroxylation is 1. The van der Waals surface area contributed by atoms with E-state index in [0.717, 1.165) is 11.3 Å². The van der Waals surface area contributed by atoms with Crippen LogP contribution in [0.2, 0.25) is 0 Å². The summed E-state index contributed by atoms with van der Waals surface area (Å²) in [6, 6.07) is 16.7. The molecule has 0 unspecified atom stereocenters. The van der Waals surface area contributed by atoms with Gasteiger partial charge < -0.3 is 10.2 Å². The van der Waals surface area contributed by atoms with Crippen LogP contribution in [0.25, 0.3) is 5.69 Å². The largest absolute Gasteiger partial charge is 0.339 e. The topological polar surface area (TPSA) is 67.2 Å². The molecule has 0 aliphatic rings. The molecule has 1 heterocycles. The minimum atomic E-state index is -0.282. The summed E-state index contributed by atoms with van der Waals surface area (Å²) in [6.45, 7) is 6.94. The molecule has 144 valence electrons. The van der Waals surface area contributed by atoms with Crippen molar-refractivity contribution in [3.63, 3.8) is 0 Å². The molecule has 0 bridgehead atoms. The minimum absolute atomic E-state index is 0.160. The van der Waals surface area contributed by atoms with Crippen LogP contribution in [0.4, 0.5) is 5.82 Å². The molecular formula is C22H24N4O2. The molecule has 3 aromatic rings. The Morgan fingerprint density at radius 1 is 1.04 bits per heavy atom. The van der Waals surface area contributed by atoms with Crippen molar-refractivity contribution in [1.82, 2.24) is 14.7 Å². The fraction of sp³-hybridized carbons (Fsp3) is 0.227. The molecular weight excluding hydrogens is 352 g/mol. The monoisotopic (exact) mass is 376 g/mol. The third kappa shape index (κ3) is 3.96.